The van der Waals surface area contributed by atoms with Gasteiger partial charge in [-0.25, -0.2) is 14.6 Å². The summed E-state index contributed by atoms with van der Waals surface area (Å²) >= 11 is 2.20. The topological polar surface area (TPSA) is 84.9 Å². The summed E-state index contributed by atoms with van der Waals surface area (Å²) in [7, 11) is 0. The maximum Gasteiger partial charge on any atom is 0.164 e. The highest BCUT2D eigenvalue weighted by Crippen LogP contribution is 2.22. The highest BCUT2D eigenvalue weighted by atomic mass is 127. The van der Waals surface area contributed by atoms with E-state index >= 15 is 0 Å². The number of rotatable bonds is 5. The average Bonchev–Trinajstić information content (AvgIpc) is 2.84. The second-order valence-corrected chi connectivity index (χ2v) is 7.43. The van der Waals surface area contributed by atoms with E-state index in [1.807, 2.05) is 4.68 Å². The van der Waals surface area contributed by atoms with Gasteiger partial charge >= 0.3 is 0 Å². The zero-order valence-electron chi connectivity index (χ0n) is 13.7. The maximum absolute atomic E-state index is 5.94. The maximum atomic E-state index is 5.94. The summed E-state index contributed by atoms with van der Waals surface area (Å²) in [6.45, 7) is 8.52. The molecule has 3 heterocycles. The normalized spacial score (nSPS) is 17.4. The monoisotopic (exact) mass is 429 g/mol. The summed E-state index contributed by atoms with van der Waals surface area (Å²) in [5.74, 6) is 0.506. The molecule has 0 aromatic carbocycles. The van der Waals surface area contributed by atoms with Crippen LogP contribution in [0.25, 0.3) is 11.0 Å². The lowest BCUT2D eigenvalue weighted by molar-refractivity contribution is 0.186. The molecule has 0 unspecified atom stereocenters. The number of likely N-dealkylation sites (tertiary alicyclic amines) is 1. The Bertz CT molecular complexity index is 661. The number of hydrogen-bond acceptors (Lipinski definition) is 6. The Morgan fingerprint density at radius 3 is 2.74 bits per heavy atom. The molecule has 0 amide bonds. The van der Waals surface area contributed by atoms with Crippen LogP contribution in [0.1, 0.15) is 26.7 Å². The van der Waals surface area contributed by atoms with Crippen LogP contribution in [-0.4, -0.2) is 56.4 Å². The molecule has 7 nitrogen and oxygen atoms in total. The highest BCUT2D eigenvalue weighted by Gasteiger charge is 2.20. The summed E-state index contributed by atoms with van der Waals surface area (Å²) in [5.41, 5.74) is 6.77. The molecule has 23 heavy (non-hydrogen) atoms. The minimum Gasteiger partial charge on any atom is -0.383 e. The SMILES string of the molecule is CC(C)NC1CCN(CCn2nc(I)c3c(N)ncnc32)CC1. The number of nitrogens with zero attached hydrogens (tertiary/aromatic N) is 5. The van der Waals surface area contributed by atoms with E-state index in [0.717, 1.165) is 40.9 Å². The van der Waals surface area contributed by atoms with Gasteiger partial charge in [0.2, 0.25) is 0 Å². The fraction of sp³-hybridized carbons (Fsp3) is 0.667. The molecule has 1 fully saturated rings. The first-order valence-corrected chi connectivity index (χ1v) is 9.23. The molecule has 3 N–H and O–H groups in total. The van der Waals surface area contributed by atoms with E-state index in [2.05, 4.69) is 61.7 Å². The number of halogens is 1. The number of aromatic nitrogens is 4. The zero-order chi connectivity index (χ0) is 16.4. The largest absolute Gasteiger partial charge is 0.383 e. The van der Waals surface area contributed by atoms with Crippen LogP contribution in [0.15, 0.2) is 6.33 Å². The Morgan fingerprint density at radius 2 is 2.04 bits per heavy atom. The summed E-state index contributed by atoms with van der Waals surface area (Å²) < 4.78 is 2.82. The van der Waals surface area contributed by atoms with Crippen molar-refractivity contribution in [2.75, 3.05) is 25.4 Å². The van der Waals surface area contributed by atoms with Crippen molar-refractivity contribution in [1.82, 2.24) is 30.0 Å². The first kappa shape index (κ1) is 16.8. The molecule has 1 aliphatic heterocycles. The lowest BCUT2D eigenvalue weighted by Gasteiger charge is -2.33. The van der Waals surface area contributed by atoms with Crippen molar-refractivity contribution < 1.29 is 0 Å². The first-order chi connectivity index (χ1) is 11.0. The molecule has 1 aliphatic rings. The van der Waals surface area contributed by atoms with Gasteiger partial charge in [-0.05, 0) is 48.5 Å². The molecule has 0 bridgehead atoms. The lowest BCUT2D eigenvalue weighted by atomic mass is 10.0. The summed E-state index contributed by atoms with van der Waals surface area (Å²) in [6, 6.07) is 1.22. The van der Waals surface area contributed by atoms with Crippen LogP contribution < -0.4 is 11.1 Å². The van der Waals surface area contributed by atoms with Gasteiger partial charge in [0.15, 0.2) is 5.65 Å². The van der Waals surface area contributed by atoms with Crippen LogP contribution in [0, 0.1) is 3.70 Å². The van der Waals surface area contributed by atoms with Gasteiger partial charge in [0.1, 0.15) is 15.8 Å². The Balaban J connectivity index is 1.59. The fourth-order valence-corrected chi connectivity index (χ4v) is 3.95. The Labute approximate surface area is 150 Å². The van der Waals surface area contributed by atoms with E-state index in [9.17, 15) is 0 Å². The Hall–Kier alpha value is -1.00. The molecule has 1 saturated heterocycles. The quantitative estimate of drug-likeness (QED) is 0.701. The predicted octanol–water partition coefficient (Wildman–Crippen LogP) is 1.48. The summed E-state index contributed by atoms with van der Waals surface area (Å²) in [5, 5.41) is 9.07. The molecular formula is C15H24IN7. The van der Waals surface area contributed by atoms with E-state index in [-0.39, 0.29) is 0 Å². The third-order valence-corrected chi connectivity index (χ3v) is 5.06. The third kappa shape index (κ3) is 3.92. The second-order valence-electron chi connectivity index (χ2n) is 6.41. The summed E-state index contributed by atoms with van der Waals surface area (Å²) in [4.78, 5) is 10.9. The first-order valence-electron chi connectivity index (χ1n) is 8.15. The van der Waals surface area contributed by atoms with Crippen molar-refractivity contribution >= 4 is 39.4 Å². The molecule has 0 spiro atoms. The smallest absolute Gasteiger partial charge is 0.164 e. The molecular weight excluding hydrogens is 405 g/mol. The molecule has 2 aromatic rings. The van der Waals surface area contributed by atoms with Gasteiger partial charge in [0.05, 0.1) is 11.9 Å². The molecule has 0 saturated carbocycles. The second kappa shape index (κ2) is 7.27. The third-order valence-electron chi connectivity index (χ3n) is 4.30. The Kier molecular flexibility index (Phi) is 5.32. The number of fused-ring (bicyclic) bond motifs is 1. The van der Waals surface area contributed by atoms with Gasteiger partial charge in [-0.3, -0.25) is 0 Å². The number of nitrogens with two attached hydrogens (primary N) is 1. The predicted molar refractivity (Wildman–Crippen MR) is 100 cm³/mol. The summed E-state index contributed by atoms with van der Waals surface area (Å²) in [6.07, 6.45) is 3.93. The van der Waals surface area contributed by atoms with Crippen molar-refractivity contribution in [2.45, 2.75) is 45.3 Å². The van der Waals surface area contributed by atoms with Gasteiger partial charge in [-0.1, -0.05) is 13.8 Å². The minimum absolute atomic E-state index is 0.506. The highest BCUT2D eigenvalue weighted by molar-refractivity contribution is 14.1. The molecule has 126 valence electrons. The van der Waals surface area contributed by atoms with Crippen molar-refractivity contribution in [3.05, 3.63) is 10.0 Å². The standard InChI is InChI=1S/C15H24IN7/c1-10(2)20-11-3-5-22(6-4-11)7-8-23-15-12(13(16)21-23)14(17)18-9-19-15/h9-11,20H,3-8H2,1-2H3,(H2,17,18,19). The lowest BCUT2D eigenvalue weighted by Crippen LogP contribution is -2.45. The Morgan fingerprint density at radius 1 is 1.30 bits per heavy atom. The van der Waals surface area contributed by atoms with Gasteiger partial charge < -0.3 is 16.0 Å². The van der Waals surface area contributed by atoms with Crippen molar-refractivity contribution in [1.29, 1.82) is 0 Å². The van der Waals surface area contributed by atoms with E-state index in [4.69, 9.17) is 5.73 Å². The number of nitrogens with one attached hydrogen (secondary N) is 1. The molecule has 0 aliphatic carbocycles. The molecule has 0 radical (unpaired) electrons. The van der Waals surface area contributed by atoms with Crippen molar-refractivity contribution in [3.63, 3.8) is 0 Å². The number of piperidine rings is 1. The number of hydrogen-bond donors (Lipinski definition) is 2. The van der Waals surface area contributed by atoms with Crippen LogP contribution in [0.5, 0.6) is 0 Å². The van der Waals surface area contributed by atoms with E-state index in [1.54, 1.807) is 0 Å². The van der Waals surface area contributed by atoms with Gasteiger partial charge in [-0.2, -0.15) is 5.10 Å². The van der Waals surface area contributed by atoms with E-state index in [1.165, 1.54) is 19.2 Å². The number of anilines is 1. The molecule has 0 atom stereocenters. The van der Waals surface area contributed by atoms with Gasteiger partial charge in [0.25, 0.3) is 0 Å². The average molecular weight is 429 g/mol. The van der Waals surface area contributed by atoms with Crippen molar-refractivity contribution in [2.24, 2.45) is 0 Å². The van der Waals surface area contributed by atoms with E-state index in [0.29, 0.717) is 17.9 Å². The molecule has 8 heteroatoms. The van der Waals surface area contributed by atoms with Gasteiger partial charge in [-0.15, -0.1) is 0 Å². The minimum atomic E-state index is 0.506. The molecule has 3 rings (SSSR count). The van der Waals surface area contributed by atoms with Crippen LogP contribution in [0.4, 0.5) is 5.82 Å². The number of nitrogen functional groups attached to an aromatic ring is 1. The van der Waals surface area contributed by atoms with Crippen molar-refractivity contribution in [3.8, 4) is 0 Å². The van der Waals surface area contributed by atoms with Crippen LogP contribution in [-0.2, 0) is 6.54 Å². The van der Waals surface area contributed by atoms with Crippen LogP contribution >= 0.6 is 22.6 Å². The fourth-order valence-electron chi connectivity index (χ4n) is 3.17. The van der Waals surface area contributed by atoms with Crippen LogP contribution in [0.3, 0.4) is 0 Å². The van der Waals surface area contributed by atoms with Gasteiger partial charge in [0, 0.05) is 18.6 Å². The molecule has 2 aromatic heterocycles. The zero-order valence-corrected chi connectivity index (χ0v) is 15.8. The van der Waals surface area contributed by atoms with E-state index < -0.39 is 0 Å². The van der Waals surface area contributed by atoms with Crippen LogP contribution in [0.2, 0.25) is 0 Å².